The Balaban J connectivity index is 2.71. The van der Waals surface area contributed by atoms with Crippen molar-refractivity contribution in [2.75, 3.05) is 5.43 Å². The van der Waals surface area contributed by atoms with Gasteiger partial charge in [0.05, 0.1) is 5.69 Å². The molecule has 0 amide bonds. The third kappa shape index (κ3) is 4.31. The maximum atomic E-state index is 5.70. The summed E-state index contributed by atoms with van der Waals surface area (Å²) in [6.45, 7) is 0. The molecule has 1 aromatic rings. The van der Waals surface area contributed by atoms with Crippen LogP contribution in [-0.2, 0) is 0 Å². The fourth-order valence-electron chi connectivity index (χ4n) is 0.753. The van der Waals surface area contributed by atoms with Crippen molar-refractivity contribution in [1.82, 2.24) is 0 Å². The van der Waals surface area contributed by atoms with Gasteiger partial charge in [0.2, 0.25) is 0 Å². The molecule has 0 unspecified atom stereocenters. The first-order valence-corrected chi connectivity index (χ1v) is 5.38. The van der Waals surface area contributed by atoms with E-state index in [0.717, 1.165) is 5.69 Å². The quantitative estimate of drug-likeness (QED) is 0.639. The first-order chi connectivity index (χ1) is 7.11. The van der Waals surface area contributed by atoms with Gasteiger partial charge in [0.1, 0.15) is 9.52 Å². The molecular formula is C9H6Cl4N2. The van der Waals surface area contributed by atoms with E-state index in [1.807, 2.05) is 30.3 Å². The zero-order valence-electron chi connectivity index (χ0n) is 7.35. The molecule has 0 atom stereocenters. The fourth-order valence-corrected chi connectivity index (χ4v) is 1.21. The molecule has 0 aliphatic carbocycles. The average molecular weight is 284 g/mol. The van der Waals surface area contributed by atoms with Crippen LogP contribution in [0.4, 0.5) is 5.69 Å². The van der Waals surface area contributed by atoms with E-state index in [4.69, 9.17) is 46.4 Å². The number of benzene rings is 1. The first kappa shape index (κ1) is 12.7. The van der Waals surface area contributed by atoms with Crippen LogP contribution in [0.15, 0.2) is 45.0 Å². The summed E-state index contributed by atoms with van der Waals surface area (Å²) >= 11 is 22.2. The van der Waals surface area contributed by atoms with E-state index >= 15 is 0 Å². The van der Waals surface area contributed by atoms with E-state index in [1.54, 1.807) is 0 Å². The van der Waals surface area contributed by atoms with Crippen LogP contribution in [0.2, 0.25) is 0 Å². The summed E-state index contributed by atoms with van der Waals surface area (Å²) < 4.78 is -0.125. The van der Waals surface area contributed by atoms with Crippen LogP contribution in [-0.4, -0.2) is 5.17 Å². The minimum Gasteiger partial charge on any atom is -0.277 e. The van der Waals surface area contributed by atoms with Crippen LogP contribution in [0.5, 0.6) is 0 Å². The van der Waals surface area contributed by atoms with Crippen molar-refractivity contribution < 1.29 is 0 Å². The Hall–Kier alpha value is -0.410. The van der Waals surface area contributed by atoms with Crippen LogP contribution in [0.1, 0.15) is 0 Å². The maximum absolute atomic E-state index is 5.70. The Bertz CT molecular complexity index is 382. The van der Waals surface area contributed by atoms with Gasteiger partial charge in [-0.3, -0.25) is 5.43 Å². The Morgan fingerprint density at radius 3 is 2.13 bits per heavy atom. The number of allylic oxidation sites excluding steroid dienone is 1. The van der Waals surface area contributed by atoms with E-state index < -0.39 is 0 Å². The second-order valence-corrected chi connectivity index (χ2v) is 4.14. The lowest BCUT2D eigenvalue weighted by molar-refractivity contribution is 1.35. The molecule has 1 N–H and O–H groups in total. The van der Waals surface area contributed by atoms with Gasteiger partial charge in [-0.05, 0) is 12.1 Å². The van der Waals surface area contributed by atoms with E-state index in [2.05, 4.69) is 10.5 Å². The highest BCUT2D eigenvalue weighted by Gasteiger charge is 2.05. The first-order valence-electron chi connectivity index (χ1n) is 3.86. The van der Waals surface area contributed by atoms with Gasteiger partial charge in [0.15, 0.2) is 5.17 Å². The molecule has 15 heavy (non-hydrogen) atoms. The largest absolute Gasteiger partial charge is 0.277 e. The van der Waals surface area contributed by atoms with Crippen LogP contribution < -0.4 is 5.43 Å². The third-order valence-corrected chi connectivity index (χ3v) is 2.71. The second-order valence-electron chi connectivity index (χ2n) is 2.45. The lowest BCUT2D eigenvalue weighted by atomic mass is 10.3. The number of nitrogens with one attached hydrogen (secondary N) is 1. The van der Waals surface area contributed by atoms with E-state index in [9.17, 15) is 0 Å². The number of halogens is 4. The minimum absolute atomic E-state index is 0.000481. The van der Waals surface area contributed by atoms with Crippen LogP contribution in [0, 0.1) is 0 Å². The van der Waals surface area contributed by atoms with Gasteiger partial charge < -0.3 is 0 Å². The molecule has 0 saturated carbocycles. The van der Waals surface area contributed by atoms with Gasteiger partial charge in [-0.25, -0.2) is 0 Å². The van der Waals surface area contributed by atoms with Gasteiger partial charge in [-0.2, -0.15) is 5.10 Å². The van der Waals surface area contributed by atoms with Crippen molar-refractivity contribution >= 4 is 57.3 Å². The molecule has 0 radical (unpaired) electrons. The van der Waals surface area contributed by atoms with Crippen molar-refractivity contribution in [2.24, 2.45) is 5.10 Å². The molecule has 80 valence electrons. The highest BCUT2D eigenvalue weighted by atomic mass is 35.5. The van der Waals surface area contributed by atoms with Crippen molar-refractivity contribution in [2.45, 2.75) is 0 Å². The number of para-hydroxylation sites is 1. The zero-order valence-corrected chi connectivity index (χ0v) is 10.4. The Kier molecular flexibility index (Phi) is 5.26. The number of hydrazone groups is 1. The monoisotopic (exact) mass is 282 g/mol. The molecule has 0 aromatic heterocycles. The van der Waals surface area contributed by atoms with Gasteiger partial charge in [-0.1, -0.05) is 64.6 Å². The highest BCUT2D eigenvalue weighted by molar-refractivity contribution is 6.79. The van der Waals surface area contributed by atoms with Crippen molar-refractivity contribution in [1.29, 1.82) is 0 Å². The Morgan fingerprint density at radius 2 is 1.60 bits per heavy atom. The van der Waals surface area contributed by atoms with Crippen molar-refractivity contribution in [3.05, 3.63) is 39.9 Å². The van der Waals surface area contributed by atoms with Crippen molar-refractivity contribution in [3.63, 3.8) is 0 Å². The number of hydrogen-bond acceptors (Lipinski definition) is 2. The van der Waals surface area contributed by atoms with E-state index in [0.29, 0.717) is 0 Å². The normalized spacial score (nSPS) is 11.1. The average Bonchev–Trinajstić information content (AvgIpc) is 2.26. The number of rotatable bonds is 3. The molecule has 0 bridgehead atoms. The highest BCUT2D eigenvalue weighted by Crippen LogP contribution is 2.21. The number of anilines is 1. The zero-order chi connectivity index (χ0) is 11.3. The summed E-state index contributed by atoms with van der Waals surface area (Å²) in [4.78, 5) is 0. The summed E-state index contributed by atoms with van der Waals surface area (Å²) in [7, 11) is 0. The lowest BCUT2D eigenvalue weighted by Gasteiger charge is -2.00. The lowest BCUT2D eigenvalue weighted by Crippen LogP contribution is -1.95. The Labute approximate surface area is 107 Å². The predicted octanol–water partition coefficient (Wildman–Crippen LogP) is 4.54. The summed E-state index contributed by atoms with van der Waals surface area (Å²) in [6.07, 6.45) is 0. The topological polar surface area (TPSA) is 24.4 Å². The summed E-state index contributed by atoms with van der Waals surface area (Å²) in [5.41, 5.74) is 3.48. The summed E-state index contributed by atoms with van der Waals surface area (Å²) in [5, 5.41) is 3.79. The van der Waals surface area contributed by atoms with Gasteiger partial charge in [-0.15, -0.1) is 0 Å². The Morgan fingerprint density at radius 1 is 1.00 bits per heavy atom. The molecule has 1 rings (SSSR count). The third-order valence-electron chi connectivity index (χ3n) is 1.40. The molecule has 6 heteroatoms. The molecule has 0 aliphatic heterocycles. The second kappa shape index (κ2) is 6.23. The van der Waals surface area contributed by atoms with E-state index in [-0.39, 0.29) is 14.7 Å². The molecule has 2 nitrogen and oxygen atoms in total. The molecule has 1 aromatic carbocycles. The van der Waals surface area contributed by atoms with Crippen LogP contribution in [0.25, 0.3) is 0 Å². The molecule has 0 heterocycles. The minimum atomic E-state index is -0.125. The predicted molar refractivity (Wildman–Crippen MR) is 67.9 cm³/mol. The van der Waals surface area contributed by atoms with Gasteiger partial charge in [0, 0.05) is 0 Å². The molecule has 0 saturated heterocycles. The number of hydrogen-bond donors (Lipinski definition) is 1. The molecule has 0 spiro atoms. The SMILES string of the molecule is ClC(Cl)=C(Cl)/C(Cl)=N/Nc1ccccc1. The fraction of sp³-hybridized carbons (Fsp3) is 0. The summed E-state index contributed by atoms with van der Waals surface area (Å²) in [5.74, 6) is 0. The van der Waals surface area contributed by atoms with Crippen LogP contribution in [0.3, 0.4) is 0 Å². The van der Waals surface area contributed by atoms with E-state index in [1.165, 1.54) is 0 Å². The standard InChI is InChI=1S/C9H6Cl4N2/c10-7(8(11)12)9(13)15-14-6-4-2-1-3-5-6/h1-5,14H/b15-9-. The van der Waals surface area contributed by atoms with Gasteiger partial charge >= 0.3 is 0 Å². The molecule has 0 fully saturated rings. The molecular weight excluding hydrogens is 278 g/mol. The van der Waals surface area contributed by atoms with Crippen molar-refractivity contribution in [3.8, 4) is 0 Å². The number of nitrogens with zero attached hydrogens (tertiary/aromatic N) is 1. The van der Waals surface area contributed by atoms with Crippen LogP contribution >= 0.6 is 46.4 Å². The smallest absolute Gasteiger partial charge is 0.170 e. The summed E-state index contributed by atoms with van der Waals surface area (Å²) in [6, 6.07) is 9.26. The maximum Gasteiger partial charge on any atom is 0.170 e. The van der Waals surface area contributed by atoms with Gasteiger partial charge in [0.25, 0.3) is 0 Å². The molecule has 0 aliphatic rings.